The molecule has 0 saturated carbocycles. The summed E-state index contributed by atoms with van der Waals surface area (Å²) in [7, 11) is -4.06. The number of urea groups is 1. The van der Waals surface area contributed by atoms with Gasteiger partial charge in [0, 0.05) is 27.1 Å². The van der Waals surface area contributed by atoms with Gasteiger partial charge in [0.05, 0.1) is 16.2 Å². The molecule has 4 aromatic rings. The number of sulfonamides is 1. The van der Waals surface area contributed by atoms with Crippen LogP contribution < -0.4 is 21.4 Å². The van der Waals surface area contributed by atoms with E-state index in [1.54, 1.807) is 28.3 Å². The van der Waals surface area contributed by atoms with Crippen LogP contribution in [0.1, 0.15) is 5.01 Å². The third-order valence-corrected chi connectivity index (χ3v) is 7.34. The molecule has 176 valence electrons. The van der Waals surface area contributed by atoms with Gasteiger partial charge in [-0.05, 0) is 48.5 Å². The second-order valence-electron chi connectivity index (χ2n) is 6.98. The predicted molar refractivity (Wildman–Crippen MR) is 135 cm³/mol. The Morgan fingerprint density at radius 2 is 1.94 bits per heavy atom. The maximum atomic E-state index is 12.5. The fraction of sp³-hybridized carbons (Fsp3) is 0. The molecule has 0 unspecified atom stereocenters. The summed E-state index contributed by atoms with van der Waals surface area (Å²) in [4.78, 5) is 27.5. The summed E-state index contributed by atoms with van der Waals surface area (Å²) in [6.45, 7) is 0. The summed E-state index contributed by atoms with van der Waals surface area (Å²) in [5.74, 6) is 0. The minimum Gasteiger partial charge on any atom is -0.422 e. The third-order valence-electron chi connectivity index (χ3n) is 4.61. The maximum absolute atomic E-state index is 12.5. The van der Waals surface area contributed by atoms with Crippen molar-refractivity contribution in [2.75, 3.05) is 5.32 Å². The highest BCUT2D eigenvalue weighted by Gasteiger charge is 2.16. The molecule has 4 rings (SSSR count). The van der Waals surface area contributed by atoms with Crippen LogP contribution in [-0.4, -0.2) is 19.4 Å². The van der Waals surface area contributed by atoms with E-state index >= 15 is 0 Å². The lowest BCUT2D eigenvalue weighted by atomic mass is 10.1. The molecule has 0 aliphatic rings. The number of carbonyl (C=O) groups is 1. The number of halogens is 1. The first kappa shape index (κ1) is 24.1. The van der Waals surface area contributed by atoms with E-state index < -0.39 is 21.7 Å². The van der Waals surface area contributed by atoms with Gasteiger partial charge in [0.2, 0.25) is 0 Å². The number of fused-ring (bicyclic) bond motifs is 1. The number of amides is 2. The third kappa shape index (κ3) is 5.40. The van der Waals surface area contributed by atoms with Crippen molar-refractivity contribution in [3.8, 4) is 17.3 Å². The van der Waals surface area contributed by atoms with E-state index in [1.165, 1.54) is 41.8 Å². The number of nitrogens with one attached hydrogen (secondary N) is 2. The van der Waals surface area contributed by atoms with Crippen molar-refractivity contribution < 1.29 is 17.6 Å². The van der Waals surface area contributed by atoms with E-state index in [-0.39, 0.29) is 16.0 Å². The van der Waals surface area contributed by atoms with Gasteiger partial charge in [-0.1, -0.05) is 15.9 Å². The number of anilines is 1. The zero-order chi connectivity index (χ0) is 25.2. The molecule has 0 radical (unpaired) electrons. The van der Waals surface area contributed by atoms with Gasteiger partial charge in [0.25, 0.3) is 10.0 Å². The van der Waals surface area contributed by atoms with E-state index in [9.17, 15) is 23.3 Å². The molecule has 2 amide bonds. The van der Waals surface area contributed by atoms with Gasteiger partial charge in [-0.3, -0.25) is 0 Å². The number of aromatic nitrogens is 1. The Morgan fingerprint density at radius 1 is 1.20 bits per heavy atom. The number of nitrogens with zero attached hydrogens (tertiary/aromatic N) is 2. The number of carbonyl (C=O) groups excluding carboxylic acids is 1. The summed E-state index contributed by atoms with van der Waals surface area (Å²) in [5.41, 5.74) is 6.09. The standard InChI is InChI=1S/C22H14BrN5O5S2/c23-14-1-6-19-12(7-14)8-17(21(29)33-19)18-11-34-20(27-18)13(9-24)10-26-15-2-4-16(5-3-15)35(31,32)28-22(25)30/h1-8,10-11,26H,(H3,25,28,30)/b13-10-. The Kier molecular flexibility index (Phi) is 6.70. The topological polar surface area (TPSA) is 168 Å². The second-order valence-corrected chi connectivity index (χ2v) is 10.4. The Balaban J connectivity index is 1.57. The predicted octanol–water partition coefficient (Wildman–Crippen LogP) is 4.01. The summed E-state index contributed by atoms with van der Waals surface area (Å²) in [5, 5.41) is 15.2. The average molecular weight is 572 g/mol. The Hall–Kier alpha value is -3.99. The molecule has 0 saturated heterocycles. The quantitative estimate of drug-likeness (QED) is 0.230. The van der Waals surface area contributed by atoms with Crippen LogP contribution >= 0.6 is 27.3 Å². The van der Waals surface area contributed by atoms with Crippen molar-refractivity contribution in [2.45, 2.75) is 4.90 Å². The SMILES string of the molecule is N#C/C(=C/Nc1ccc(S(=O)(=O)NC(N)=O)cc1)c1nc(-c2cc3cc(Br)ccc3oc2=O)cs1. The largest absolute Gasteiger partial charge is 0.422 e. The monoisotopic (exact) mass is 571 g/mol. The van der Waals surface area contributed by atoms with Crippen LogP contribution in [0.2, 0.25) is 0 Å². The maximum Gasteiger partial charge on any atom is 0.345 e. The molecular formula is C22H14BrN5O5S2. The smallest absolute Gasteiger partial charge is 0.345 e. The van der Waals surface area contributed by atoms with Crippen LogP contribution in [0.5, 0.6) is 0 Å². The van der Waals surface area contributed by atoms with E-state index in [0.717, 1.165) is 9.86 Å². The van der Waals surface area contributed by atoms with Crippen molar-refractivity contribution in [3.05, 3.63) is 80.0 Å². The molecule has 0 fully saturated rings. The van der Waals surface area contributed by atoms with Gasteiger partial charge in [-0.15, -0.1) is 11.3 Å². The number of thiazole rings is 1. The highest BCUT2D eigenvalue weighted by Crippen LogP contribution is 2.27. The van der Waals surface area contributed by atoms with Crippen LogP contribution in [0.25, 0.3) is 27.8 Å². The minimum absolute atomic E-state index is 0.155. The first-order valence-electron chi connectivity index (χ1n) is 9.65. The van der Waals surface area contributed by atoms with Gasteiger partial charge in [0.15, 0.2) is 0 Å². The Labute approximate surface area is 210 Å². The zero-order valence-electron chi connectivity index (χ0n) is 17.5. The first-order chi connectivity index (χ1) is 16.7. The van der Waals surface area contributed by atoms with E-state index in [0.29, 0.717) is 22.0 Å². The second kappa shape index (κ2) is 9.71. The van der Waals surface area contributed by atoms with E-state index in [1.807, 2.05) is 12.1 Å². The molecule has 2 aromatic carbocycles. The fourth-order valence-electron chi connectivity index (χ4n) is 3.01. The van der Waals surface area contributed by atoms with Crippen LogP contribution in [0.3, 0.4) is 0 Å². The molecule has 10 nitrogen and oxygen atoms in total. The van der Waals surface area contributed by atoms with Crippen molar-refractivity contribution in [1.82, 2.24) is 9.71 Å². The molecule has 0 atom stereocenters. The number of benzene rings is 2. The lowest BCUT2D eigenvalue weighted by Gasteiger charge is -2.06. The molecule has 0 bridgehead atoms. The van der Waals surface area contributed by atoms with Gasteiger partial charge >= 0.3 is 11.7 Å². The van der Waals surface area contributed by atoms with Crippen molar-refractivity contribution in [3.63, 3.8) is 0 Å². The van der Waals surface area contributed by atoms with Gasteiger partial charge in [-0.2, -0.15) is 5.26 Å². The van der Waals surface area contributed by atoms with Crippen LogP contribution in [-0.2, 0) is 10.0 Å². The lowest BCUT2D eigenvalue weighted by Crippen LogP contribution is -2.34. The molecule has 13 heteroatoms. The summed E-state index contributed by atoms with van der Waals surface area (Å²) >= 11 is 4.57. The zero-order valence-corrected chi connectivity index (χ0v) is 20.7. The normalized spacial score (nSPS) is 11.7. The van der Waals surface area contributed by atoms with Crippen molar-refractivity contribution in [1.29, 1.82) is 5.26 Å². The number of hydrogen-bond acceptors (Lipinski definition) is 9. The highest BCUT2D eigenvalue weighted by atomic mass is 79.9. The number of allylic oxidation sites excluding steroid dienone is 1. The highest BCUT2D eigenvalue weighted by molar-refractivity contribution is 9.10. The van der Waals surface area contributed by atoms with Crippen molar-refractivity contribution in [2.24, 2.45) is 5.73 Å². The van der Waals surface area contributed by atoms with Crippen LogP contribution in [0, 0.1) is 11.3 Å². The molecule has 0 aliphatic heterocycles. The molecule has 4 N–H and O–H groups in total. The molecule has 0 spiro atoms. The van der Waals surface area contributed by atoms with E-state index in [2.05, 4.69) is 26.2 Å². The van der Waals surface area contributed by atoms with Gasteiger partial charge in [-0.25, -0.2) is 27.7 Å². The summed E-state index contributed by atoms with van der Waals surface area (Å²) in [6, 6.07) is 13.3. The lowest BCUT2D eigenvalue weighted by molar-refractivity contribution is 0.253. The first-order valence-corrected chi connectivity index (χ1v) is 12.8. The number of hydrogen-bond donors (Lipinski definition) is 3. The number of primary amides is 1. The number of nitriles is 1. The number of rotatable bonds is 6. The fourth-order valence-corrected chi connectivity index (χ4v) is 5.05. The van der Waals surface area contributed by atoms with Gasteiger partial charge in [0.1, 0.15) is 22.2 Å². The molecule has 0 aliphatic carbocycles. The van der Waals surface area contributed by atoms with Gasteiger partial charge < -0.3 is 15.5 Å². The molecule has 35 heavy (non-hydrogen) atoms. The Bertz CT molecular complexity index is 1690. The molecule has 2 heterocycles. The average Bonchev–Trinajstić information content (AvgIpc) is 3.28. The van der Waals surface area contributed by atoms with Crippen molar-refractivity contribution >= 4 is 65.6 Å². The molecule has 2 aromatic heterocycles. The summed E-state index contributed by atoms with van der Waals surface area (Å²) in [6.07, 6.45) is 1.41. The Morgan fingerprint density at radius 3 is 2.63 bits per heavy atom. The van der Waals surface area contributed by atoms with Crippen LogP contribution in [0.15, 0.2) is 78.7 Å². The minimum atomic E-state index is -4.06. The molecular weight excluding hydrogens is 558 g/mol. The summed E-state index contributed by atoms with van der Waals surface area (Å²) < 4.78 is 31.8. The van der Waals surface area contributed by atoms with E-state index in [4.69, 9.17) is 10.2 Å². The number of nitrogens with two attached hydrogens (primary N) is 1. The van der Waals surface area contributed by atoms with Crippen LogP contribution in [0.4, 0.5) is 10.5 Å².